The van der Waals surface area contributed by atoms with Crippen molar-refractivity contribution in [3.05, 3.63) is 51.3 Å². The number of pyridine rings is 1. The summed E-state index contributed by atoms with van der Waals surface area (Å²) in [6.07, 6.45) is 2.63. The summed E-state index contributed by atoms with van der Waals surface area (Å²) >= 11 is 0. The van der Waals surface area contributed by atoms with Crippen LogP contribution in [0.15, 0.2) is 23.1 Å². The maximum absolute atomic E-state index is 12.6. The lowest BCUT2D eigenvalue weighted by Crippen LogP contribution is -2.33. The van der Waals surface area contributed by atoms with Crippen molar-refractivity contribution in [1.29, 1.82) is 0 Å². The molecule has 1 aliphatic heterocycles. The third-order valence-corrected chi connectivity index (χ3v) is 5.03. The van der Waals surface area contributed by atoms with Crippen molar-refractivity contribution in [3.8, 4) is 0 Å². The standard InChI is InChI=1S/C19H26N6O2/c1-12-13(2)22-17(19(27)21-10-14-9-16(26)5-7-20-14)23-18(12)25-8-6-15(11-25)24(3)4/h5,7,9,15H,6,8,10-11H2,1-4H3,(H,20,26)(H,21,27)/t15-/m1/s1. The Kier molecular flexibility index (Phi) is 5.55. The molecule has 8 heteroatoms. The summed E-state index contributed by atoms with van der Waals surface area (Å²) in [5.41, 5.74) is 2.32. The first-order chi connectivity index (χ1) is 12.8. The number of anilines is 1. The molecule has 27 heavy (non-hydrogen) atoms. The van der Waals surface area contributed by atoms with Gasteiger partial charge in [0.15, 0.2) is 5.43 Å². The topological polar surface area (TPSA) is 94.2 Å². The minimum atomic E-state index is -0.354. The maximum atomic E-state index is 12.6. The molecule has 3 rings (SSSR count). The predicted molar refractivity (Wildman–Crippen MR) is 104 cm³/mol. The second kappa shape index (κ2) is 7.87. The van der Waals surface area contributed by atoms with Crippen LogP contribution >= 0.6 is 0 Å². The SMILES string of the molecule is Cc1nc(C(=O)NCc2cc(=O)cc[nH]2)nc(N2CC[C@@H](N(C)C)C2)c1C. The fourth-order valence-corrected chi connectivity index (χ4v) is 3.23. The van der Waals surface area contributed by atoms with Crippen LogP contribution < -0.4 is 15.6 Å². The minimum Gasteiger partial charge on any atom is -0.363 e. The molecule has 0 saturated carbocycles. The molecule has 1 aliphatic rings. The first-order valence-corrected chi connectivity index (χ1v) is 9.07. The smallest absolute Gasteiger partial charge is 0.289 e. The number of carbonyl (C=O) groups excluding carboxylic acids is 1. The summed E-state index contributed by atoms with van der Waals surface area (Å²) in [5.74, 6) is 0.622. The Balaban J connectivity index is 1.77. The number of nitrogens with one attached hydrogen (secondary N) is 2. The molecular weight excluding hydrogens is 344 g/mol. The van der Waals surface area contributed by atoms with E-state index < -0.39 is 0 Å². The highest BCUT2D eigenvalue weighted by atomic mass is 16.2. The van der Waals surface area contributed by atoms with E-state index in [2.05, 4.69) is 44.2 Å². The van der Waals surface area contributed by atoms with E-state index in [1.807, 2.05) is 13.8 Å². The largest absolute Gasteiger partial charge is 0.363 e. The van der Waals surface area contributed by atoms with E-state index in [1.165, 1.54) is 12.1 Å². The fraction of sp³-hybridized carbons (Fsp3) is 0.474. The van der Waals surface area contributed by atoms with Crippen molar-refractivity contribution in [1.82, 2.24) is 25.2 Å². The number of aromatic amines is 1. The van der Waals surface area contributed by atoms with E-state index in [0.717, 1.165) is 36.6 Å². The Labute approximate surface area is 158 Å². The Morgan fingerprint density at radius 2 is 2.15 bits per heavy atom. The van der Waals surface area contributed by atoms with Crippen LogP contribution in [0.1, 0.15) is 34.0 Å². The van der Waals surface area contributed by atoms with Crippen molar-refractivity contribution in [2.75, 3.05) is 32.1 Å². The van der Waals surface area contributed by atoms with Gasteiger partial charge in [0.25, 0.3) is 5.91 Å². The molecule has 1 atom stereocenters. The number of hydrogen-bond acceptors (Lipinski definition) is 6. The van der Waals surface area contributed by atoms with Crippen LogP contribution in [-0.4, -0.2) is 59.0 Å². The quantitative estimate of drug-likeness (QED) is 0.810. The summed E-state index contributed by atoms with van der Waals surface area (Å²) in [4.78, 5) is 40.2. The summed E-state index contributed by atoms with van der Waals surface area (Å²) < 4.78 is 0. The van der Waals surface area contributed by atoms with Crippen LogP contribution in [0.25, 0.3) is 0 Å². The van der Waals surface area contributed by atoms with Gasteiger partial charge in [-0.15, -0.1) is 0 Å². The van der Waals surface area contributed by atoms with E-state index in [9.17, 15) is 9.59 Å². The zero-order valence-corrected chi connectivity index (χ0v) is 16.2. The molecule has 0 bridgehead atoms. The molecule has 0 unspecified atom stereocenters. The second-order valence-electron chi connectivity index (χ2n) is 7.17. The van der Waals surface area contributed by atoms with E-state index in [1.54, 1.807) is 6.20 Å². The molecule has 2 aromatic rings. The van der Waals surface area contributed by atoms with Gasteiger partial charge < -0.3 is 20.1 Å². The summed E-state index contributed by atoms with van der Waals surface area (Å²) in [6.45, 7) is 5.89. The Morgan fingerprint density at radius 1 is 1.37 bits per heavy atom. The molecule has 1 saturated heterocycles. The number of nitrogens with zero attached hydrogens (tertiary/aromatic N) is 4. The number of amides is 1. The molecule has 8 nitrogen and oxygen atoms in total. The lowest BCUT2D eigenvalue weighted by Gasteiger charge is -2.23. The monoisotopic (exact) mass is 370 g/mol. The number of likely N-dealkylation sites (N-methyl/N-ethyl adjacent to an activating group) is 1. The molecule has 3 heterocycles. The molecule has 144 valence electrons. The maximum Gasteiger partial charge on any atom is 0.289 e. The van der Waals surface area contributed by atoms with Gasteiger partial charge in [-0.2, -0.15) is 0 Å². The van der Waals surface area contributed by atoms with Crippen molar-refractivity contribution < 1.29 is 4.79 Å². The molecule has 1 fully saturated rings. The fourth-order valence-electron chi connectivity index (χ4n) is 3.23. The van der Waals surface area contributed by atoms with Gasteiger partial charge >= 0.3 is 0 Å². The number of aromatic nitrogens is 3. The van der Waals surface area contributed by atoms with Crippen LogP contribution in [-0.2, 0) is 6.54 Å². The zero-order valence-electron chi connectivity index (χ0n) is 16.2. The lowest BCUT2D eigenvalue weighted by molar-refractivity contribution is 0.0939. The lowest BCUT2D eigenvalue weighted by atomic mass is 10.2. The third-order valence-electron chi connectivity index (χ3n) is 5.03. The minimum absolute atomic E-state index is 0.104. The molecule has 2 N–H and O–H groups in total. The van der Waals surface area contributed by atoms with Gasteiger partial charge in [0.2, 0.25) is 5.82 Å². The zero-order chi connectivity index (χ0) is 19.6. The average Bonchev–Trinajstić information content (AvgIpc) is 3.12. The van der Waals surface area contributed by atoms with Crippen LogP contribution in [0.5, 0.6) is 0 Å². The highest BCUT2D eigenvalue weighted by Crippen LogP contribution is 2.25. The molecule has 1 amide bonds. The average molecular weight is 370 g/mol. The number of hydrogen-bond donors (Lipinski definition) is 2. The number of H-pyrrole nitrogens is 1. The van der Waals surface area contributed by atoms with Gasteiger partial charge in [-0.1, -0.05) is 0 Å². The number of aryl methyl sites for hydroxylation is 1. The van der Waals surface area contributed by atoms with Gasteiger partial charge in [0, 0.05) is 54.4 Å². The molecule has 0 radical (unpaired) electrons. The highest BCUT2D eigenvalue weighted by molar-refractivity contribution is 5.90. The van der Waals surface area contributed by atoms with Gasteiger partial charge in [-0.3, -0.25) is 9.59 Å². The van der Waals surface area contributed by atoms with E-state index >= 15 is 0 Å². The molecule has 0 aromatic carbocycles. The normalized spacial score (nSPS) is 16.8. The third kappa shape index (κ3) is 4.33. The van der Waals surface area contributed by atoms with Crippen LogP contribution in [0, 0.1) is 13.8 Å². The first-order valence-electron chi connectivity index (χ1n) is 9.07. The Bertz CT molecular complexity index is 892. The molecule has 0 aliphatic carbocycles. The summed E-state index contributed by atoms with van der Waals surface area (Å²) in [7, 11) is 4.16. The predicted octanol–water partition coefficient (Wildman–Crippen LogP) is 0.852. The van der Waals surface area contributed by atoms with Crippen molar-refractivity contribution in [2.45, 2.75) is 32.9 Å². The van der Waals surface area contributed by atoms with Crippen LogP contribution in [0.2, 0.25) is 0 Å². The van der Waals surface area contributed by atoms with Crippen LogP contribution in [0.4, 0.5) is 5.82 Å². The van der Waals surface area contributed by atoms with E-state index in [-0.39, 0.29) is 23.7 Å². The number of carbonyl (C=O) groups is 1. The molecular formula is C19H26N6O2. The van der Waals surface area contributed by atoms with Gasteiger partial charge in [0.1, 0.15) is 5.82 Å². The first kappa shape index (κ1) is 19.0. The van der Waals surface area contributed by atoms with Gasteiger partial charge in [-0.05, 0) is 34.4 Å². The van der Waals surface area contributed by atoms with Gasteiger partial charge in [0.05, 0.1) is 6.54 Å². The van der Waals surface area contributed by atoms with E-state index in [0.29, 0.717) is 11.7 Å². The van der Waals surface area contributed by atoms with Crippen molar-refractivity contribution in [3.63, 3.8) is 0 Å². The molecule has 2 aromatic heterocycles. The molecule has 0 spiro atoms. The highest BCUT2D eigenvalue weighted by Gasteiger charge is 2.27. The Morgan fingerprint density at radius 3 is 2.81 bits per heavy atom. The van der Waals surface area contributed by atoms with E-state index in [4.69, 9.17) is 0 Å². The second-order valence-corrected chi connectivity index (χ2v) is 7.17. The van der Waals surface area contributed by atoms with Crippen molar-refractivity contribution >= 4 is 11.7 Å². The van der Waals surface area contributed by atoms with Crippen LogP contribution in [0.3, 0.4) is 0 Å². The summed E-state index contributed by atoms with van der Waals surface area (Å²) in [5, 5.41) is 2.77. The summed E-state index contributed by atoms with van der Waals surface area (Å²) in [6, 6.07) is 3.37. The Hall–Kier alpha value is -2.74. The number of rotatable bonds is 5. The van der Waals surface area contributed by atoms with Crippen molar-refractivity contribution in [2.24, 2.45) is 0 Å². The van der Waals surface area contributed by atoms with Gasteiger partial charge in [-0.25, -0.2) is 9.97 Å².